The fraction of sp³-hybridized carbons (Fsp3) is 0.588. The molecule has 0 aromatic heterocycles. The van der Waals surface area contributed by atoms with Gasteiger partial charge in [0.05, 0.1) is 6.04 Å². The van der Waals surface area contributed by atoms with Gasteiger partial charge >= 0.3 is 0 Å². The number of nitrogens with zero attached hydrogens (tertiary/aromatic N) is 1. The molecule has 1 N–H and O–H groups in total. The molecule has 1 heterocycles. The summed E-state index contributed by atoms with van der Waals surface area (Å²) in [7, 11) is 0. The summed E-state index contributed by atoms with van der Waals surface area (Å²) in [6.45, 7) is 6.38. The summed E-state index contributed by atoms with van der Waals surface area (Å²) in [5.41, 5.74) is 1.09. The fourth-order valence-electron chi connectivity index (χ4n) is 3.80. The Hall–Kier alpha value is -1.42. The van der Waals surface area contributed by atoms with Gasteiger partial charge in [0.15, 0.2) is 0 Å². The first-order valence-electron chi connectivity index (χ1n) is 7.74. The van der Waals surface area contributed by atoms with E-state index in [1.54, 1.807) is 12.1 Å². The van der Waals surface area contributed by atoms with Crippen LogP contribution in [0.3, 0.4) is 0 Å². The molecule has 2 aliphatic rings. The molecule has 21 heavy (non-hydrogen) atoms. The third-order valence-corrected chi connectivity index (χ3v) is 5.03. The lowest BCUT2D eigenvalue weighted by molar-refractivity contribution is -0.134. The highest BCUT2D eigenvalue weighted by Crippen LogP contribution is 2.44. The SMILES string of the molecule is CC1NC(c2ccc(F)cc2)N(C2CCCC2(C)C)C1=O. The maximum Gasteiger partial charge on any atom is 0.241 e. The Morgan fingerprint density at radius 1 is 1.29 bits per heavy atom. The molecule has 0 radical (unpaired) electrons. The molecule has 2 fully saturated rings. The first-order valence-corrected chi connectivity index (χ1v) is 7.74. The van der Waals surface area contributed by atoms with E-state index < -0.39 is 0 Å². The fourth-order valence-corrected chi connectivity index (χ4v) is 3.80. The Bertz CT molecular complexity index is 540. The average Bonchev–Trinajstić information content (AvgIpc) is 2.91. The number of rotatable bonds is 2. The number of carbonyl (C=O) groups excluding carboxylic acids is 1. The maximum atomic E-state index is 13.1. The molecular formula is C17H23FN2O. The van der Waals surface area contributed by atoms with Crippen molar-refractivity contribution >= 4 is 5.91 Å². The van der Waals surface area contributed by atoms with Crippen LogP contribution in [0.5, 0.6) is 0 Å². The van der Waals surface area contributed by atoms with Crippen molar-refractivity contribution < 1.29 is 9.18 Å². The van der Waals surface area contributed by atoms with Gasteiger partial charge in [0.25, 0.3) is 0 Å². The van der Waals surface area contributed by atoms with Gasteiger partial charge in [-0.05, 0) is 42.9 Å². The Labute approximate surface area is 125 Å². The van der Waals surface area contributed by atoms with E-state index in [4.69, 9.17) is 0 Å². The van der Waals surface area contributed by atoms with Gasteiger partial charge in [0, 0.05) is 6.04 Å². The molecule has 114 valence electrons. The van der Waals surface area contributed by atoms with Gasteiger partial charge in [0.2, 0.25) is 5.91 Å². The first-order chi connectivity index (χ1) is 9.90. The van der Waals surface area contributed by atoms with E-state index in [0.29, 0.717) is 0 Å². The van der Waals surface area contributed by atoms with Crippen LogP contribution >= 0.6 is 0 Å². The third kappa shape index (κ3) is 2.46. The molecule has 1 saturated carbocycles. The van der Waals surface area contributed by atoms with Gasteiger partial charge in [-0.15, -0.1) is 0 Å². The molecule has 1 aliphatic heterocycles. The lowest BCUT2D eigenvalue weighted by Crippen LogP contribution is -2.45. The molecule has 1 aromatic carbocycles. The average molecular weight is 290 g/mol. The smallest absolute Gasteiger partial charge is 0.241 e. The van der Waals surface area contributed by atoms with Crippen molar-refractivity contribution in [3.05, 3.63) is 35.6 Å². The summed E-state index contributed by atoms with van der Waals surface area (Å²) in [4.78, 5) is 14.6. The number of hydrogen-bond acceptors (Lipinski definition) is 2. The molecule has 4 heteroatoms. The highest BCUT2D eigenvalue weighted by molar-refractivity contribution is 5.84. The maximum absolute atomic E-state index is 13.1. The standard InChI is InChI=1S/C17H23FN2O/c1-11-16(21)20(14-5-4-10-17(14,2)3)15(19-11)12-6-8-13(18)9-7-12/h6-9,11,14-15,19H,4-5,10H2,1-3H3. The molecule has 3 unspecified atom stereocenters. The van der Waals surface area contributed by atoms with Crippen molar-refractivity contribution in [2.75, 3.05) is 0 Å². The molecule has 0 bridgehead atoms. The van der Waals surface area contributed by atoms with Gasteiger partial charge in [-0.1, -0.05) is 32.4 Å². The van der Waals surface area contributed by atoms with Crippen LogP contribution < -0.4 is 5.32 Å². The Balaban J connectivity index is 1.95. The lowest BCUT2D eigenvalue weighted by Gasteiger charge is -2.38. The Morgan fingerprint density at radius 3 is 2.52 bits per heavy atom. The summed E-state index contributed by atoms with van der Waals surface area (Å²) >= 11 is 0. The monoisotopic (exact) mass is 290 g/mol. The van der Waals surface area contributed by atoms with Crippen molar-refractivity contribution in [1.29, 1.82) is 0 Å². The minimum Gasteiger partial charge on any atom is -0.318 e. The van der Waals surface area contributed by atoms with E-state index in [2.05, 4.69) is 19.2 Å². The molecule has 1 saturated heterocycles. The number of amides is 1. The number of halogens is 1. The Kier molecular flexibility index (Phi) is 3.52. The van der Waals surface area contributed by atoms with Crippen LogP contribution in [-0.4, -0.2) is 22.9 Å². The van der Waals surface area contributed by atoms with Gasteiger partial charge < -0.3 is 4.90 Å². The number of hydrogen-bond donors (Lipinski definition) is 1. The molecular weight excluding hydrogens is 267 g/mol. The predicted octanol–water partition coefficient (Wildman–Crippen LogP) is 3.22. The molecule has 1 aromatic rings. The second-order valence-electron chi connectivity index (χ2n) is 6.98. The van der Waals surface area contributed by atoms with Crippen LogP contribution in [0.4, 0.5) is 4.39 Å². The first kappa shape index (κ1) is 14.5. The van der Waals surface area contributed by atoms with E-state index in [9.17, 15) is 9.18 Å². The number of benzene rings is 1. The third-order valence-electron chi connectivity index (χ3n) is 5.03. The van der Waals surface area contributed by atoms with E-state index in [1.165, 1.54) is 12.1 Å². The van der Waals surface area contributed by atoms with Gasteiger partial charge in [-0.3, -0.25) is 10.1 Å². The zero-order valence-corrected chi connectivity index (χ0v) is 12.9. The van der Waals surface area contributed by atoms with Crippen LogP contribution in [-0.2, 0) is 4.79 Å². The summed E-state index contributed by atoms with van der Waals surface area (Å²) < 4.78 is 13.1. The van der Waals surface area contributed by atoms with Gasteiger partial charge in [0.1, 0.15) is 12.0 Å². The lowest BCUT2D eigenvalue weighted by atomic mass is 9.86. The quantitative estimate of drug-likeness (QED) is 0.907. The van der Waals surface area contributed by atoms with Crippen molar-refractivity contribution in [1.82, 2.24) is 10.2 Å². The van der Waals surface area contributed by atoms with Gasteiger partial charge in [-0.25, -0.2) is 4.39 Å². The molecule has 3 nitrogen and oxygen atoms in total. The normalized spacial score (nSPS) is 31.9. The zero-order chi connectivity index (χ0) is 15.2. The molecule has 1 aliphatic carbocycles. The van der Waals surface area contributed by atoms with E-state index >= 15 is 0 Å². The van der Waals surface area contributed by atoms with Gasteiger partial charge in [-0.2, -0.15) is 0 Å². The topological polar surface area (TPSA) is 32.3 Å². The van der Waals surface area contributed by atoms with Crippen LogP contribution in [0.25, 0.3) is 0 Å². The second kappa shape index (κ2) is 5.09. The summed E-state index contributed by atoms with van der Waals surface area (Å²) in [5, 5.41) is 3.36. The predicted molar refractivity (Wildman–Crippen MR) is 80.0 cm³/mol. The summed E-state index contributed by atoms with van der Waals surface area (Å²) in [5.74, 6) is -0.0897. The molecule has 1 amide bonds. The highest BCUT2D eigenvalue weighted by atomic mass is 19.1. The van der Waals surface area contributed by atoms with E-state index in [-0.39, 0.29) is 35.4 Å². The molecule has 0 spiro atoms. The second-order valence-corrected chi connectivity index (χ2v) is 6.98. The minimum atomic E-state index is -0.246. The number of nitrogens with one attached hydrogen (secondary N) is 1. The van der Waals surface area contributed by atoms with E-state index in [0.717, 1.165) is 24.8 Å². The summed E-state index contributed by atoms with van der Waals surface area (Å²) in [6.07, 6.45) is 3.21. The van der Waals surface area contributed by atoms with Crippen molar-refractivity contribution in [2.24, 2.45) is 5.41 Å². The summed E-state index contributed by atoms with van der Waals surface area (Å²) in [6, 6.07) is 6.53. The van der Waals surface area contributed by atoms with Crippen molar-refractivity contribution in [3.63, 3.8) is 0 Å². The Morgan fingerprint density at radius 2 is 1.95 bits per heavy atom. The van der Waals surface area contributed by atoms with Crippen LogP contribution in [0.15, 0.2) is 24.3 Å². The van der Waals surface area contributed by atoms with E-state index in [1.807, 2.05) is 11.8 Å². The minimum absolute atomic E-state index is 0.139. The highest BCUT2D eigenvalue weighted by Gasteiger charge is 2.48. The van der Waals surface area contributed by atoms with Crippen LogP contribution in [0, 0.1) is 11.2 Å². The largest absolute Gasteiger partial charge is 0.318 e. The van der Waals surface area contributed by atoms with Crippen molar-refractivity contribution in [3.8, 4) is 0 Å². The molecule has 3 rings (SSSR count). The molecule has 3 atom stereocenters. The van der Waals surface area contributed by atoms with Crippen LogP contribution in [0.2, 0.25) is 0 Å². The van der Waals surface area contributed by atoms with Crippen molar-refractivity contribution in [2.45, 2.75) is 58.3 Å². The van der Waals surface area contributed by atoms with Crippen LogP contribution in [0.1, 0.15) is 51.8 Å². The zero-order valence-electron chi connectivity index (χ0n) is 12.9. The number of carbonyl (C=O) groups is 1.